The number of aliphatic hydroxyl groups is 1. The lowest BCUT2D eigenvalue weighted by Gasteiger charge is -1.93. The predicted molar refractivity (Wildman–Crippen MR) is 54.3 cm³/mol. The number of hydrogen-bond acceptors (Lipinski definition) is 1. The molecule has 12 heavy (non-hydrogen) atoms. The van der Waals surface area contributed by atoms with Crippen LogP contribution in [0.15, 0.2) is 24.0 Å². The van der Waals surface area contributed by atoms with E-state index >= 15 is 0 Å². The molecule has 0 amide bonds. The fraction of sp³-hybridized carbons (Fsp3) is 0.636. The molecule has 0 spiro atoms. The Labute approximate surface area is 75.8 Å². The molecule has 0 heterocycles. The lowest BCUT2D eigenvalue weighted by Crippen LogP contribution is -1.73. The van der Waals surface area contributed by atoms with Gasteiger partial charge in [0, 0.05) is 0 Å². The first kappa shape index (κ1) is 11.3. The largest absolute Gasteiger partial charge is 0.513 e. The molecule has 0 aromatic heterocycles. The number of hydrogen-bond donors (Lipinski definition) is 1. The summed E-state index contributed by atoms with van der Waals surface area (Å²) in [7, 11) is 0. The second kappa shape index (κ2) is 8.38. The second-order valence-corrected chi connectivity index (χ2v) is 3.09. The summed E-state index contributed by atoms with van der Waals surface area (Å²) in [5, 5.41) is 8.80. The average Bonchev–Trinajstić information content (AvgIpc) is 2.02. The molecule has 0 aromatic carbocycles. The van der Waals surface area contributed by atoms with E-state index < -0.39 is 0 Å². The molecule has 0 rings (SSSR count). The fourth-order valence-electron chi connectivity index (χ4n) is 0.992. The maximum atomic E-state index is 8.80. The van der Waals surface area contributed by atoms with Gasteiger partial charge in [-0.3, -0.25) is 0 Å². The van der Waals surface area contributed by atoms with Crippen molar-refractivity contribution >= 4 is 0 Å². The standard InChI is InChI=1S/C11H20O/c1-3-4-5-6-7-8-9-10-11(2)12/h8-10,12H,3-7H2,1-2H3. The predicted octanol–water partition coefficient (Wildman–Crippen LogP) is 3.97. The monoisotopic (exact) mass is 168 g/mol. The molecule has 0 unspecified atom stereocenters. The van der Waals surface area contributed by atoms with E-state index in [2.05, 4.69) is 13.0 Å². The lowest BCUT2D eigenvalue weighted by molar-refractivity contribution is 0.414. The number of rotatable bonds is 6. The molecule has 70 valence electrons. The zero-order valence-electron chi connectivity index (χ0n) is 8.21. The van der Waals surface area contributed by atoms with Gasteiger partial charge in [-0.2, -0.15) is 0 Å². The van der Waals surface area contributed by atoms with Crippen LogP contribution < -0.4 is 0 Å². The minimum Gasteiger partial charge on any atom is -0.513 e. The molecule has 0 bridgehead atoms. The van der Waals surface area contributed by atoms with Crippen LogP contribution in [0.2, 0.25) is 0 Å². The molecule has 0 fully saturated rings. The van der Waals surface area contributed by atoms with E-state index in [9.17, 15) is 0 Å². The average molecular weight is 168 g/mol. The van der Waals surface area contributed by atoms with Gasteiger partial charge in [0.05, 0.1) is 5.76 Å². The summed E-state index contributed by atoms with van der Waals surface area (Å²) in [6, 6.07) is 0. The Kier molecular flexibility index (Phi) is 7.87. The molecular weight excluding hydrogens is 148 g/mol. The van der Waals surface area contributed by atoms with Crippen molar-refractivity contribution in [1.29, 1.82) is 0 Å². The van der Waals surface area contributed by atoms with Gasteiger partial charge >= 0.3 is 0 Å². The first-order chi connectivity index (χ1) is 5.77. The smallest absolute Gasteiger partial charge is 0.0891 e. The molecule has 0 saturated carbocycles. The Morgan fingerprint density at radius 3 is 2.58 bits per heavy atom. The summed E-state index contributed by atoms with van der Waals surface area (Å²) in [6.45, 7) is 3.90. The molecule has 0 atom stereocenters. The highest BCUT2D eigenvalue weighted by atomic mass is 16.3. The second-order valence-electron chi connectivity index (χ2n) is 3.09. The van der Waals surface area contributed by atoms with Crippen LogP contribution >= 0.6 is 0 Å². The molecule has 0 aliphatic rings. The third kappa shape index (κ3) is 9.28. The fourth-order valence-corrected chi connectivity index (χ4v) is 0.992. The van der Waals surface area contributed by atoms with E-state index in [0.29, 0.717) is 5.76 Å². The lowest BCUT2D eigenvalue weighted by atomic mass is 10.1. The molecule has 0 saturated heterocycles. The first-order valence-electron chi connectivity index (χ1n) is 4.79. The summed E-state index contributed by atoms with van der Waals surface area (Å²) in [5.74, 6) is 0.375. The van der Waals surface area contributed by atoms with Gasteiger partial charge in [-0.1, -0.05) is 38.3 Å². The van der Waals surface area contributed by atoms with Gasteiger partial charge in [-0.05, 0) is 25.8 Å². The van der Waals surface area contributed by atoms with Crippen LogP contribution in [-0.4, -0.2) is 5.11 Å². The van der Waals surface area contributed by atoms with Gasteiger partial charge in [0.15, 0.2) is 0 Å². The molecule has 0 radical (unpaired) electrons. The van der Waals surface area contributed by atoms with Gasteiger partial charge < -0.3 is 5.11 Å². The van der Waals surface area contributed by atoms with E-state index in [1.54, 1.807) is 13.0 Å². The van der Waals surface area contributed by atoms with Crippen LogP contribution in [0.25, 0.3) is 0 Å². The minimum atomic E-state index is 0.375. The molecule has 1 nitrogen and oxygen atoms in total. The van der Waals surface area contributed by atoms with Crippen LogP contribution in [0.1, 0.15) is 46.0 Å². The highest BCUT2D eigenvalue weighted by Gasteiger charge is 1.83. The Morgan fingerprint density at radius 1 is 1.25 bits per heavy atom. The van der Waals surface area contributed by atoms with E-state index in [1.165, 1.54) is 25.7 Å². The summed E-state index contributed by atoms with van der Waals surface area (Å²) in [4.78, 5) is 0. The summed E-state index contributed by atoms with van der Waals surface area (Å²) >= 11 is 0. The van der Waals surface area contributed by atoms with Crippen molar-refractivity contribution in [2.24, 2.45) is 0 Å². The Hall–Kier alpha value is -0.720. The molecule has 0 aliphatic carbocycles. The third-order valence-electron chi connectivity index (χ3n) is 1.70. The van der Waals surface area contributed by atoms with Gasteiger partial charge in [-0.15, -0.1) is 0 Å². The molecular formula is C11H20O. The van der Waals surface area contributed by atoms with Crippen LogP contribution in [-0.2, 0) is 0 Å². The van der Waals surface area contributed by atoms with Crippen molar-refractivity contribution < 1.29 is 5.11 Å². The Morgan fingerprint density at radius 2 is 2.00 bits per heavy atom. The van der Waals surface area contributed by atoms with Crippen LogP contribution in [0.4, 0.5) is 0 Å². The molecule has 0 aromatic rings. The normalized spacial score (nSPS) is 12.7. The van der Waals surface area contributed by atoms with Crippen molar-refractivity contribution in [2.45, 2.75) is 46.0 Å². The summed E-state index contributed by atoms with van der Waals surface area (Å²) in [5.41, 5.74) is 0. The van der Waals surface area contributed by atoms with Gasteiger partial charge in [0.2, 0.25) is 0 Å². The minimum absolute atomic E-state index is 0.375. The quantitative estimate of drug-likeness (QED) is 0.361. The highest BCUT2D eigenvalue weighted by Crippen LogP contribution is 2.02. The van der Waals surface area contributed by atoms with Crippen LogP contribution in [0, 0.1) is 0 Å². The van der Waals surface area contributed by atoms with E-state index in [0.717, 1.165) is 6.42 Å². The maximum absolute atomic E-state index is 8.80. The van der Waals surface area contributed by atoms with E-state index in [1.807, 2.05) is 6.08 Å². The highest BCUT2D eigenvalue weighted by molar-refractivity contribution is 5.04. The van der Waals surface area contributed by atoms with E-state index in [-0.39, 0.29) is 0 Å². The van der Waals surface area contributed by atoms with Crippen LogP contribution in [0.5, 0.6) is 0 Å². The van der Waals surface area contributed by atoms with Crippen molar-refractivity contribution in [3.63, 3.8) is 0 Å². The molecule has 1 heteroatoms. The maximum Gasteiger partial charge on any atom is 0.0891 e. The van der Waals surface area contributed by atoms with Crippen LogP contribution in [0.3, 0.4) is 0 Å². The van der Waals surface area contributed by atoms with Crippen molar-refractivity contribution in [1.82, 2.24) is 0 Å². The SMILES string of the molecule is CCCCCCC=CC=C(C)O. The third-order valence-corrected chi connectivity index (χ3v) is 1.70. The van der Waals surface area contributed by atoms with Crippen molar-refractivity contribution in [2.75, 3.05) is 0 Å². The molecule has 0 aliphatic heterocycles. The number of allylic oxidation sites excluding steroid dienone is 4. The zero-order valence-corrected chi connectivity index (χ0v) is 8.21. The van der Waals surface area contributed by atoms with Gasteiger partial charge in [0.1, 0.15) is 0 Å². The molecule has 1 N–H and O–H groups in total. The number of unbranched alkanes of at least 4 members (excludes halogenated alkanes) is 4. The Bertz CT molecular complexity index is 141. The summed E-state index contributed by atoms with van der Waals surface area (Å²) < 4.78 is 0. The zero-order chi connectivity index (χ0) is 9.23. The Balaban J connectivity index is 3.19. The topological polar surface area (TPSA) is 20.2 Å². The van der Waals surface area contributed by atoms with Gasteiger partial charge in [-0.25, -0.2) is 0 Å². The summed E-state index contributed by atoms with van der Waals surface area (Å²) in [6.07, 6.45) is 12.1. The number of aliphatic hydroxyl groups excluding tert-OH is 1. The van der Waals surface area contributed by atoms with Crippen molar-refractivity contribution in [3.8, 4) is 0 Å². The van der Waals surface area contributed by atoms with Crippen molar-refractivity contribution in [3.05, 3.63) is 24.0 Å². The first-order valence-corrected chi connectivity index (χ1v) is 4.79. The van der Waals surface area contributed by atoms with Gasteiger partial charge in [0.25, 0.3) is 0 Å². The van der Waals surface area contributed by atoms with E-state index in [4.69, 9.17) is 5.11 Å².